The molecule has 0 fully saturated rings. The van der Waals surface area contributed by atoms with E-state index in [-0.39, 0.29) is 5.56 Å². The lowest BCUT2D eigenvalue weighted by atomic mass is 10.2. The topological polar surface area (TPSA) is 52.7 Å². The molecule has 3 aromatic rings. The highest BCUT2D eigenvalue weighted by Gasteiger charge is 2.17. The van der Waals surface area contributed by atoms with E-state index in [1.807, 2.05) is 34.9 Å². The van der Waals surface area contributed by atoms with Crippen molar-refractivity contribution in [2.75, 3.05) is 0 Å². The highest BCUT2D eigenvalue weighted by Crippen LogP contribution is 2.17. The minimum absolute atomic E-state index is 0.0408. The van der Waals surface area contributed by atoms with Crippen molar-refractivity contribution in [1.82, 2.24) is 19.3 Å². The van der Waals surface area contributed by atoms with Gasteiger partial charge in [-0.2, -0.15) is 5.10 Å². The Balaban J connectivity index is 1.99. The van der Waals surface area contributed by atoms with Crippen LogP contribution in [0, 0.1) is 0 Å². The molecule has 1 aromatic carbocycles. The molecule has 1 aliphatic rings. The second-order valence-electron chi connectivity index (χ2n) is 5.42. The Labute approximate surface area is 121 Å². The highest BCUT2D eigenvalue weighted by atomic mass is 16.1. The molecule has 21 heavy (non-hydrogen) atoms. The van der Waals surface area contributed by atoms with Crippen LogP contribution in [0.2, 0.25) is 0 Å². The second kappa shape index (κ2) is 4.84. The minimum atomic E-state index is 0.0408. The standard InChI is InChI=1S/C16H16N4O/c21-16-13-11-17-20(12-7-3-1-4-8-12)15(13)18-14-9-5-2-6-10-19(14)16/h1,3-4,7-8,11H,2,5-6,9-10H2. The van der Waals surface area contributed by atoms with Crippen LogP contribution >= 0.6 is 0 Å². The van der Waals surface area contributed by atoms with Gasteiger partial charge in [0, 0.05) is 13.0 Å². The number of nitrogens with zero attached hydrogens (tertiary/aromatic N) is 4. The van der Waals surface area contributed by atoms with Crippen molar-refractivity contribution in [2.24, 2.45) is 0 Å². The quantitative estimate of drug-likeness (QED) is 0.687. The van der Waals surface area contributed by atoms with Crippen LogP contribution in [-0.2, 0) is 13.0 Å². The van der Waals surface area contributed by atoms with E-state index in [1.165, 1.54) is 0 Å². The summed E-state index contributed by atoms with van der Waals surface area (Å²) in [6, 6.07) is 9.82. The van der Waals surface area contributed by atoms with E-state index in [9.17, 15) is 4.79 Å². The number of hydrogen-bond donors (Lipinski definition) is 0. The normalized spacial score (nSPS) is 14.9. The molecular formula is C16H16N4O. The van der Waals surface area contributed by atoms with Gasteiger partial charge >= 0.3 is 0 Å². The smallest absolute Gasteiger partial charge is 0.264 e. The van der Waals surface area contributed by atoms with E-state index in [0.717, 1.165) is 43.7 Å². The molecule has 5 nitrogen and oxygen atoms in total. The molecule has 2 aromatic heterocycles. The van der Waals surface area contributed by atoms with Gasteiger partial charge in [0.2, 0.25) is 0 Å². The first-order valence-electron chi connectivity index (χ1n) is 7.37. The van der Waals surface area contributed by atoms with Crippen LogP contribution in [0.15, 0.2) is 41.3 Å². The number of hydrogen-bond acceptors (Lipinski definition) is 3. The maximum absolute atomic E-state index is 12.6. The van der Waals surface area contributed by atoms with Crippen molar-refractivity contribution < 1.29 is 0 Å². The van der Waals surface area contributed by atoms with Gasteiger partial charge in [0.1, 0.15) is 11.2 Å². The van der Waals surface area contributed by atoms with E-state index < -0.39 is 0 Å². The Kier molecular flexibility index (Phi) is 2.84. The first-order chi connectivity index (χ1) is 10.3. The molecule has 0 unspecified atom stereocenters. The van der Waals surface area contributed by atoms with E-state index in [4.69, 9.17) is 4.98 Å². The average molecular weight is 280 g/mol. The molecule has 106 valence electrons. The zero-order valence-corrected chi connectivity index (χ0v) is 11.7. The summed E-state index contributed by atoms with van der Waals surface area (Å²) in [5.41, 5.74) is 1.64. The van der Waals surface area contributed by atoms with Gasteiger partial charge in [-0.15, -0.1) is 0 Å². The molecule has 0 radical (unpaired) electrons. The van der Waals surface area contributed by atoms with Crippen LogP contribution in [0.3, 0.4) is 0 Å². The van der Waals surface area contributed by atoms with Crippen molar-refractivity contribution in [3.63, 3.8) is 0 Å². The van der Waals surface area contributed by atoms with Crippen molar-refractivity contribution in [2.45, 2.75) is 32.2 Å². The van der Waals surface area contributed by atoms with Crippen molar-refractivity contribution in [1.29, 1.82) is 0 Å². The Bertz CT molecular complexity index is 848. The van der Waals surface area contributed by atoms with Gasteiger partial charge in [0.15, 0.2) is 5.65 Å². The fourth-order valence-electron chi connectivity index (χ4n) is 2.96. The Hall–Kier alpha value is -2.43. The van der Waals surface area contributed by atoms with Gasteiger partial charge in [-0.3, -0.25) is 9.36 Å². The van der Waals surface area contributed by atoms with Gasteiger partial charge in [0.05, 0.1) is 11.9 Å². The number of benzene rings is 1. The number of aryl methyl sites for hydroxylation is 1. The first-order valence-corrected chi connectivity index (χ1v) is 7.37. The summed E-state index contributed by atoms with van der Waals surface area (Å²) in [6.07, 6.45) is 5.80. The summed E-state index contributed by atoms with van der Waals surface area (Å²) >= 11 is 0. The van der Waals surface area contributed by atoms with Gasteiger partial charge in [-0.1, -0.05) is 24.6 Å². The summed E-state index contributed by atoms with van der Waals surface area (Å²) in [6.45, 7) is 0.771. The van der Waals surface area contributed by atoms with Crippen LogP contribution in [0.4, 0.5) is 0 Å². The van der Waals surface area contributed by atoms with Crippen molar-refractivity contribution in [3.05, 3.63) is 52.7 Å². The SMILES string of the molecule is O=c1c2cnn(-c3ccccc3)c2nc2n1CCCCC2. The third-order valence-electron chi connectivity index (χ3n) is 4.05. The lowest BCUT2D eigenvalue weighted by Gasteiger charge is -2.09. The zero-order valence-electron chi connectivity index (χ0n) is 11.7. The highest BCUT2D eigenvalue weighted by molar-refractivity contribution is 5.75. The minimum Gasteiger partial charge on any atom is -0.296 e. The summed E-state index contributed by atoms with van der Waals surface area (Å²) in [5.74, 6) is 0.891. The molecular weight excluding hydrogens is 264 g/mol. The molecule has 0 N–H and O–H groups in total. The van der Waals surface area contributed by atoms with Crippen LogP contribution in [0.1, 0.15) is 25.1 Å². The summed E-state index contributed by atoms with van der Waals surface area (Å²) in [5, 5.41) is 4.96. The van der Waals surface area contributed by atoms with E-state index in [1.54, 1.807) is 10.9 Å². The van der Waals surface area contributed by atoms with Crippen LogP contribution < -0.4 is 5.56 Å². The largest absolute Gasteiger partial charge is 0.296 e. The van der Waals surface area contributed by atoms with Crippen LogP contribution in [-0.4, -0.2) is 19.3 Å². The van der Waals surface area contributed by atoms with E-state index in [0.29, 0.717) is 11.0 Å². The fraction of sp³-hybridized carbons (Fsp3) is 0.312. The Morgan fingerprint density at radius 1 is 1.05 bits per heavy atom. The van der Waals surface area contributed by atoms with E-state index >= 15 is 0 Å². The molecule has 0 aliphatic carbocycles. The second-order valence-corrected chi connectivity index (χ2v) is 5.42. The number of fused-ring (bicyclic) bond motifs is 2. The molecule has 0 saturated heterocycles. The molecule has 0 atom stereocenters. The lowest BCUT2D eigenvalue weighted by molar-refractivity contribution is 0.613. The first kappa shape index (κ1) is 12.3. The lowest BCUT2D eigenvalue weighted by Crippen LogP contribution is -2.24. The van der Waals surface area contributed by atoms with Gasteiger partial charge in [-0.25, -0.2) is 9.67 Å². The van der Waals surface area contributed by atoms with Gasteiger partial charge < -0.3 is 0 Å². The summed E-state index contributed by atoms with van der Waals surface area (Å²) in [4.78, 5) is 17.4. The average Bonchev–Trinajstić information content (AvgIpc) is 2.79. The van der Waals surface area contributed by atoms with Crippen LogP contribution in [0.25, 0.3) is 16.7 Å². The van der Waals surface area contributed by atoms with E-state index in [2.05, 4.69) is 5.10 Å². The van der Waals surface area contributed by atoms with Crippen molar-refractivity contribution >= 4 is 11.0 Å². The van der Waals surface area contributed by atoms with Crippen LogP contribution in [0.5, 0.6) is 0 Å². The van der Waals surface area contributed by atoms with Gasteiger partial charge in [-0.05, 0) is 25.0 Å². The molecule has 3 heterocycles. The van der Waals surface area contributed by atoms with Gasteiger partial charge in [0.25, 0.3) is 5.56 Å². The zero-order chi connectivity index (χ0) is 14.2. The molecule has 4 rings (SSSR count). The molecule has 0 amide bonds. The maximum Gasteiger partial charge on any atom is 0.264 e. The Morgan fingerprint density at radius 3 is 2.76 bits per heavy atom. The predicted molar refractivity (Wildman–Crippen MR) is 80.7 cm³/mol. The number of aromatic nitrogens is 4. The maximum atomic E-state index is 12.6. The summed E-state index contributed by atoms with van der Waals surface area (Å²) < 4.78 is 3.58. The monoisotopic (exact) mass is 280 g/mol. The molecule has 1 aliphatic heterocycles. The summed E-state index contributed by atoms with van der Waals surface area (Å²) in [7, 11) is 0. The predicted octanol–water partition coefficient (Wildman–Crippen LogP) is 2.31. The molecule has 0 spiro atoms. The number of para-hydroxylation sites is 1. The molecule has 5 heteroatoms. The van der Waals surface area contributed by atoms with Crippen molar-refractivity contribution in [3.8, 4) is 5.69 Å². The third-order valence-corrected chi connectivity index (χ3v) is 4.05. The Morgan fingerprint density at radius 2 is 1.90 bits per heavy atom. The molecule has 0 saturated carbocycles. The third kappa shape index (κ3) is 1.96. The molecule has 0 bridgehead atoms. The fourth-order valence-corrected chi connectivity index (χ4v) is 2.96. The number of rotatable bonds is 1.